The predicted molar refractivity (Wildman–Crippen MR) is 117 cm³/mol. The smallest absolute Gasteiger partial charge is 0.256 e. The first-order valence-electron chi connectivity index (χ1n) is 9.21. The molecule has 1 aliphatic rings. The lowest BCUT2D eigenvalue weighted by molar-refractivity contribution is -0.110. The summed E-state index contributed by atoms with van der Waals surface area (Å²) >= 11 is 1.57. The molecule has 0 aliphatic carbocycles. The van der Waals surface area contributed by atoms with E-state index in [2.05, 4.69) is 22.4 Å². The minimum absolute atomic E-state index is 0.0952. The average Bonchev–Trinajstić information content (AvgIpc) is 3.43. The zero-order valence-electron chi connectivity index (χ0n) is 15.2. The van der Waals surface area contributed by atoms with Gasteiger partial charge in [0.25, 0.3) is 5.91 Å². The number of anilines is 1. The van der Waals surface area contributed by atoms with Gasteiger partial charge < -0.3 is 5.32 Å². The van der Waals surface area contributed by atoms with Crippen LogP contribution in [0.2, 0.25) is 0 Å². The molecular weight excluding hydrogens is 380 g/mol. The second-order valence-electron chi connectivity index (χ2n) is 6.86. The number of imidazole rings is 1. The van der Waals surface area contributed by atoms with E-state index in [1.165, 1.54) is 0 Å². The van der Waals surface area contributed by atoms with Gasteiger partial charge >= 0.3 is 0 Å². The molecule has 5 nitrogen and oxygen atoms in total. The first-order valence-corrected chi connectivity index (χ1v) is 10.1. The van der Waals surface area contributed by atoms with Gasteiger partial charge in [-0.15, -0.1) is 11.3 Å². The van der Waals surface area contributed by atoms with Gasteiger partial charge in [-0.1, -0.05) is 36.4 Å². The Balaban J connectivity index is 1.60. The summed E-state index contributed by atoms with van der Waals surface area (Å²) in [5, 5.41) is 7.21. The highest BCUT2D eigenvalue weighted by molar-refractivity contribution is 7.15. The molecule has 0 atom stereocenters. The fourth-order valence-electron chi connectivity index (χ4n) is 3.88. The minimum atomic E-state index is -0.0952. The number of pyridine rings is 1. The third-order valence-electron chi connectivity index (χ3n) is 5.24. The van der Waals surface area contributed by atoms with E-state index in [0.29, 0.717) is 5.57 Å². The van der Waals surface area contributed by atoms with Crippen molar-refractivity contribution in [2.45, 2.75) is 0 Å². The van der Waals surface area contributed by atoms with Gasteiger partial charge in [-0.2, -0.15) is 0 Å². The van der Waals surface area contributed by atoms with Crippen LogP contribution in [0.5, 0.6) is 0 Å². The van der Waals surface area contributed by atoms with Crippen LogP contribution >= 0.6 is 11.3 Å². The number of hydrogen-bond donors (Lipinski definition) is 1. The molecule has 4 heterocycles. The number of thiazole rings is 1. The normalized spacial score (nSPS) is 14.6. The van der Waals surface area contributed by atoms with Crippen molar-refractivity contribution in [3.63, 3.8) is 0 Å². The van der Waals surface area contributed by atoms with Crippen molar-refractivity contribution < 1.29 is 4.79 Å². The molecule has 1 aliphatic heterocycles. The van der Waals surface area contributed by atoms with E-state index in [4.69, 9.17) is 4.98 Å². The van der Waals surface area contributed by atoms with Crippen LogP contribution in [0.1, 0.15) is 11.3 Å². The van der Waals surface area contributed by atoms with Crippen LogP contribution in [-0.2, 0) is 4.79 Å². The van der Waals surface area contributed by atoms with Crippen molar-refractivity contribution >= 4 is 50.3 Å². The summed E-state index contributed by atoms with van der Waals surface area (Å²) in [5.41, 5.74) is 5.14. The lowest BCUT2D eigenvalue weighted by atomic mass is 10.00. The summed E-state index contributed by atoms with van der Waals surface area (Å²) < 4.78 is 2.03. The van der Waals surface area contributed by atoms with Gasteiger partial charge in [0.15, 0.2) is 4.96 Å². The topological polar surface area (TPSA) is 59.3 Å². The minimum Gasteiger partial charge on any atom is -0.321 e. The van der Waals surface area contributed by atoms with Crippen LogP contribution in [0.3, 0.4) is 0 Å². The lowest BCUT2D eigenvalue weighted by Crippen LogP contribution is -2.04. The Morgan fingerprint density at radius 3 is 2.79 bits per heavy atom. The highest BCUT2D eigenvalue weighted by atomic mass is 32.1. The molecular formula is C23H14N4OS. The van der Waals surface area contributed by atoms with E-state index in [9.17, 15) is 4.79 Å². The van der Waals surface area contributed by atoms with E-state index in [1.54, 1.807) is 23.7 Å². The Morgan fingerprint density at radius 1 is 1.03 bits per heavy atom. The Hall–Kier alpha value is -3.77. The van der Waals surface area contributed by atoms with Crippen LogP contribution in [0.15, 0.2) is 72.5 Å². The Bertz CT molecular complexity index is 1450. The number of nitrogens with one attached hydrogen (secondary N) is 1. The van der Waals surface area contributed by atoms with E-state index in [1.807, 2.05) is 58.5 Å². The number of nitrogens with zero attached hydrogens (tertiary/aromatic N) is 3. The Labute approximate surface area is 170 Å². The summed E-state index contributed by atoms with van der Waals surface area (Å²) in [5.74, 6) is -0.0952. The highest BCUT2D eigenvalue weighted by Gasteiger charge is 2.27. The van der Waals surface area contributed by atoms with Crippen molar-refractivity contribution in [1.82, 2.24) is 14.4 Å². The zero-order valence-corrected chi connectivity index (χ0v) is 16.0. The monoisotopic (exact) mass is 394 g/mol. The van der Waals surface area contributed by atoms with Gasteiger partial charge in [-0.3, -0.25) is 14.2 Å². The maximum absolute atomic E-state index is 12.9. The van der Waals surface area contributed by atoms with Crippen molar-refractivity contribution in [2.75, 3.05) is 5.32 Å². The van der Waals surface area contributed by atoms with E-state index >= 15 is 0 Å². The molecule has 1 amide bonds. The standard InChI is InChI=1S/C23H14N4OS/c28-22-18(17-6-5-14-3-1-2-4-16(14)21(17)25-22)13-19-20(15-7-9-24-10-8-15)26-23-27(19)11-12-29-23/h1-13H,(H,25,28). The second-order valence-corrected chi connectivity index (χ2v) is 7.73. The number of rotatable bonds is 2. The average molecular weight is 394 g/mol. The summed E-state index contributed by atoms with van der Waals surface area (Å²) in [6.45, 7) is 0. The van der Waals surface area contributed by atoms with Gasteiger partial charge in [0, 0.05) is 40.5 Å². The van der Waals surface area contributed by atoms with Gasteiger partial charge in [0.1, 0.15) is 0 Å². The first-order chi connectivity index (χ1) is 14.3. The zero-order chi connectivity index (χ0) is 19.4. The van der Waals surface area contributed by atoms with Crippen LogP contribution < -0.4 is 5.32 Å². The molecule has 1 N–H and O–H groups in total. The van der Waals surface area contributed by atoms with Crippen LogP contribution in [0.4, 0.5) is 5.69 Å². The second kappa shape index (κ2) is 6.12. The predicted octanol–water partition coefficient (Wildman–Crippen LogP) is 5.10. The molecule has 0 radical (unpaired) electrons. The SMILES string of the molecule is O=C1Nc2c(ccc3ccccc23)C1=Cc1c(-c2ccncc2)nc2sccn12. The van der Waals surface area contributed by atoms with Gasteiger partial charge in [0.05, 0.1) is 22.6 Å². The molecule has 0 saturated carbocycles. The summed E-state index contributed by atoms with van der Waals surface area (Å²) in [4.78, 5) is 22.7. The molecule has 29 heavy (non-hydrogen) atoms. The van der Waals surface area contributed by atoms with Crippen LogP contribution in [0.25, 0.3) is 38.6 Å². The van der Waals surface area contributed by atoms with Crippen molar-refractivity contribution in [3.05, 3.63) is 83.8 Å². The third kappa shape index (κ3) is 2.43. The number of carbonyl (C=O) groups excluding carboxylic acids is 1. The molecule has 3 aromatic heterocycles. The first kappa shape index (κ1) is 16.2. The quantitative estimate of drug-likeness (QED) is 0.424. The third-order valence-corrected chi connectivity index (χ3v) is 5.99. The van der Waals surface area contributed by atoms with Gasteiger partial charge in [-0.25, -0.2) is 4.98 Å². The molecule has 0 unspecified atom stereocenters. The molecule has 0 bridgehead atoms. The van der Waals surface area contributed by atoms with Crippen molar-refractivity contribution in [2.24, 2.45) is 0 Å². The summed E-state index contributed by atoms with van der Waals surface area (Å²) in [6.07, 6.45) is 7.43. The number of aromatic nitrogens is 3. The summed E-state index contributed by atoms with van der Waals surface area (Å²) in [6, 6.07) is 16.0. The number of hydrogen-bond acceptors (Lipinski definition) is 4. The molecule has 138 valence electrons. The maximum atomic E-state index is 12.9. The van der Waals surface area contributed by atoms with Crippen LogP contribution in [0, 0.1) is 0 Å². The van der Waals surface area contributed by atoms with E-state index in [-0.39, 0.29) is 5.91 Å². The number of fused-ring (bicyclic) bond motifs is 4. The molecule has 0 saturated heterocycles. The number of benzene rings is 2. The van der Waals surface area contributed by atoms with Crippen LogP contribution in [-0.4, -0.2) is 20.3 Å². The van der Waals surface area contributed by atoms with E-state index < -0.39 is 0 Å². The fourth-order valence-corrected chi connectivity index (χ4v) is 4.60. The molecule has 6 rings (SSSR count). The number of amides is 1. The largest absolute Gasteiger partial charge is 0.321 e. The Kier molecular flexibility index (Phi) is 3.42. The summed E-state index contributed by atoms with van der Waals surface area (Å²) in [7, 11) is 0. The van der Waals surface area contributed by atoms with E-state index in [0.717, 1.165) is 43.9 Å². The Morgan fingerprint density at radius 2 is 1.90 bits per heavy atom. The molecule has 6 heteroatoms. The molecule has 5 aromatic rings. The fraction of sp³-hybridized carbons (Fsp3) is 0. The highest BCUT2D eigenvalue weighted by Crippen LogP contribution is 2.39. The van der Waals surface area contributed by atoms with Gasteiger partial charge in [-0.05, 0) is 23.6 Å². The van der Waals surface area contributed by atoms with Crippen molar-refractivity contribution in [3.8, 4) is 11.3 Å². The maximum Gasteiger partial charge on any atom is 0.256 e. The number of carbonyl (C=O) groups is 1. The van der Waals surface area contributed by atoms with Crippen molar-refractivity contribution in [1.29, 1.82) is 0 Å². The lowest BCUT2D eigenvalue weighted by Gasteiger charge is -2.04. The molecule has 2 aromatic carbocycles. The molecule has 0 spiro atoms. The van der Waals surface area contributed by atoms with Gasteiger partial charge in [0.2, 0.25) is 0 Å². The molecule has 0 fully saturated rings.